The number of carbonyl (C=O) groups is 1. The summed E-state index contributed by atoms with van der Waals surface area (Å²) in [6.07, 6.45) is 1.64. The summed E-state index contributed by atoms with van der Waals surface area (Å²) in [6.45, 7) is 3.48. The van der Waals surface area contributed by atoms with Gasteiger partial charge in [-0.25, -0.2) is 0 Å². The van der Waals surface area contributed by atoms with Gasteiger partial charge >= 0.3 is 0 Å². The molecule has 3 rings (SSSR count). The van der Waals surface area contributed by atoms with E-state index in [2.05, 4.69) is 10.3 Å². The second-order valence-electron chi connectivity index (χ2n) is 5.62. The van der Waals surface area contributed by atoms with Gasteiger partial charge in [-0.05, 0) is 18.6 Å². The number of amides is 1. The third-order valence-corrected chi connectivity index (χ3v) is 3.85. The second-order valence-corrected chi connectivity index (χ2v) is 5.62. The van der Waals surface area contributed by atoms with Gasteiger partial charge in [0.25, 0.3) is 0 Å². The molecule has 0 aliphatic heterocycles. The van der Waals surface area contributed by atoms with Crippen LogP contribution in [0.4, 0.5) is 0 Å². The Hall–Kier alpha value is -2.88. The zero-order chi connectivity index (χ0) is 16.4. The van der Waals surface area contributed by atoms with Crippen molar-refractivity contribution >= 4 is 16.8 Å². The van der Waals surface area contributed by atoms with Gasteiger partial charge in [-0.15, -0.1) is 0 Å². The summed E-state index contributed by atoms with van der Waals surface area (Å²) >= 11 is 0. The number of carbonyl (C=O) groups excluding carboxylic acids is 1. The molecule has 0 radical (unpaired) electrons. The minimum Gasteiger partial charge on any atom is -0.505 e. The molecule has 1 atom stereocenters. The Morgan fingerprint density at radius 3 is 2.57 bits per heavy atom. The predicted octanol–water partition coefficient (Wildman–Crippen LogP) is 3.47. The summed E-state index contributed by atoms with van der Waals surface area (Å²) in [5, 5.41) is 14.4. The van der Waals surface area contributed by atoms with E-state index in [1.165, 1.54) is 6.92 Å². The first-order valence-corrected chi connectivity index (χ1v) is 7.46. The van der Waals surface area contributed by atoms with Gasteiger partial charge in [-0.2, -0.15) is 0 Å². The molecule has 116 valence electrons. The number of pyridine rings is 1. The second kappa shape index (κ2) is 6.08. The van der Waals surface area contributed by atoms with Crippen LogP contribution in [0.2, 0.25) is 0 Å². The fourth-order valence-corrected chi connectivity index (χ4v) is 2.68. The highest BCUT2D eigenvalue weighted by molar-refractivity contribution is 5.86. The summed E-state index contributed by atoms with van der Waals surface area (Å²) in [7, 11) is 0. The topological polar surface area (TPSA) is 62.2 Å². The van der Waals surface area contributed by atoms with Gasteiger partial charge in [0.15, 0.2) is 0 Å². The number of benzene rings is 2. The first-order chi connectivity index (χ1) is 11.1. The molecule has 0 spiro atoms. The molecule has 1 heterocycles. The van der Waals surface area contributed by atoms with Crippen LogP contribution in [0.15, 0.2) is 54.7 Å². The molecule has 0 saturated heterocycles. The van der Waals surface area contributed by atoms with Crippen molar-refractivity contribution in [2.24, 2.45) is 0 Å². The highest BCUT2D eigenvalue weighted by Crippen LogP contribution is 2.34. The van der Waals surface area contributed by atoms with Crippen molar-refractivity contribution in [1.29, 1.82) is 0 Å². The number of aryl methyl sites for hydroxylation is 1. The summed E-state index contributed by atoms with van der Waals surface area (Å²) in [5.41, 5.74) is 3.22. The Morgan fingerprint density at radius 2 is 1.87 bits per heavy atom. The van der Waals surface area contributed by atoms with Crippen LogP contribution in [-0.4, -0.2) is 16.0 Å². The van der Waals surface area contributed by atoms with Gasteiger partial charge in [0.05, 0.1) is 6.04 Å². The van der Waals surface area contributed by atoms with Crippen LogP contribution in [0.25, 0.3) is 10.9 Å². The van der Waals surface area contributed by atoms with E-state index in [9.17, 15) is 9.90 Å². The normalized spacial score (nSPS) is 12.1. The average molecular weight is 306 g/mol. The highest BCUT2D eigenvalue weighted by Gasteiger charge is 2.20. The van der Waals surface area contributed by atoms with Crippen LogP contribution < -0.4 is 5.32 Å². The molecular weight excluding hydrogens is 288 g/mol. The maximum absolute atomic E-state index is 11.6. The van der Waals surface area contributed by atoms with Crippen LogP contribution in [0, 0.1) is 6.92 Å². The Labute approximate surface area is 134 Å². The number of fused-ring (bicyclic) bond motifs is 1. The van der Waals surface area contributed by atoms with E-state index in [-0.39, 0.29) is 11.7 Å². The Bertz CT molecular complexity index is 857. The molecule has 0 saturated carbocycles. The maximum atomic E-state index is 11.6. The van der Waals surface area contributed by atoms with Crippen molar-refractivity contribution in [2.45, 2.75) is 19.9 Å². The standard InChI is InChI=1S/C19H18N2O2/c1-12-5-7-15(8-6-12)17(21-13(2)22)16-10-9-14-4-3-11-20-18(14)19(16)23/h3-11,17,23H,1-2H3,(H,21,22)/t17-/m1/s1. The summed E-state index contributed by atoms with van der Waals surface area (Å²) in [5.74, 6) is -0.0569. The monoisotopic (exact) mass is 306 g/mol. The number of nitrogens with one attached hydrogen (secondary N) is 1. The molecule has 0 aliphatic carbocycles. The lowest BCUT2D eigenvalue weighted by Crippen LogP contribution is -2.27. The number of nitrogens with zero attached hydrogens (tertiary/aromatic N) is 1. The van der Waals surface area contributed by atoms with Gasteiger partial charge in [0, 0.05) is 24.1 Å². The van der Waals surface area contributed by atoms with Gasteiger partial charge < -0.3 is 10.4 Å². The van der Waals surface area contributed by atoms with E-state index >= 15 is 0 Å². The minimum absolute atomic E-state index is 0.0995. The summed E-state index contributed by atoms with van der Waals surface area (Å²) < 4.78 is 0. The summed E-state index contributed by atoms with van der Waals surface area (Å²) in [4.78, 5) is 15.9. The summed E-state index contributed by atoms with van der Waals surface area (Å²) in [6, 6.07) is 14.9. The van der Waals surface area contributed by atoms with Crippen molar-refractivity contribution < 1.29 is 9.90 Å². The Kier molecular flexibility index (Phi) is 3.98. The van der Waals surface area contributed by atoms with Gasteiger partial charge in [-0.1, -0.05) is 48.0 Å². The molecule has 0 aliphatic rings. The molecule has 23 heavy (non-hydrogen) atoms. The van der Waals surface area contributed by atoms with Crippen LogP contribution in [0.5, 0.6) is 5.75 Å². The van der Waals surface area contributed by atoms with Gasteiger partial charge in [-0.3, -0.25) is 9.78 Å². The molecule has 0 unspecified atom stereocenters. The lowest BCUT2D eigenvalue weighted by atomic mass is 9.95. The SMILES string of the molecule is CC(=O)N[C@H](c1ccc(C)cc1)c1ccc2cccnc2c1O. The van der Waals surface area contributed by atoms with Gasteiger partial charge in [0.1, 0.15) is 11.3 Å². The van der Waals surface area contributed by atoms with Crippen molar-refractivity contribution in [1.82, 2.24) is 10.3 Å². The quantitative estimate of drug-likeness (QED) is 0.779. The molecule has 3 aromatic rings. The van der Waals surface area contributed by atoms with E-state index in [0.717, 1.165) is 16.5 Å². The fraction of sp³-hybridized carbons (Fsp3) is 0.158. The lowest BCUT2D eigenvalue weighted by molar-refractivity contribution is -0.119. The molecule has 1 aromatic heterocycles. The molecule has 4 heteroatoms. The first-order valence-electron chi connectivity index (χ1n) is 7.46. The first kappa shape index (κ1) is 15.0. The van der Waals surface area contributed by atoms with E-state index in [1.807, 2.05) is 55.5 Å². The average Bonchev–Trinajstić information content (AvgIpc) is 2.54. The zero-order valence-corrected chi connectivity index (χ0v) is 13.1. The van der Waals surface area contributed by atoms with E-state index in [4.69, 9.17) is 0 Å². The highest BCUT2D eigenvalue weighted by atomic mass is 16.3. The number of aromatic hydroxyl groups is 1. The van der Waals surface area contributed by atoms with Crippen molar-refractivity contribution in [2.75, 3.05) is 0 Å². The number of hydrogen-bond acceptors (Lipinski definition) is 3. The van der Waals surface area contributed by atoms with Crippen molar-refractivity contribution in [3.05, 3.63) is 71.4 Å². The van der Waals surface area contributed by atoms with Gasteiger partial charge in [0.2, 0.25) is 5.91 Å². The van der Waals surface area contributed by atoms with E-state index < -0.39 is 6.04 Å². The largest absolute Gasteiger partial charge is 0.505 e. The molecule has 2 aromatic carbocycles. The van der Waals surface area contributed by atoms with Crippen LogP contribution in [-0.2, 0) is 4.79 Å². The third kappa shape index (κ3) is 3.01. The van der Waals surface area contributed by atoms with Crippen molar-refractivity contribution in [3.63, 3.8) is 0 Å². The molecule has 4 nitrogen and oxygen atoms in total. The molecule has 1 amide bonds. The predicted molar refractivity (Wildman–Crippen MR) is 90.2 cm³/mol. The Balaban J connectivity index is 2.14. The molecule has 0 bridgehead atoms. The Morgan fingerprint density at radius 1 is 1.13 bits per heavy atom. The number of phenolic OH excluding ortho intramolecular Hbond substituents is 1. The molecular formula is C19H18N2O2. The minimum atomic E-state index is -0.417. The number of rotatable bonds is 3. The van der Waals surface area contributed by atoms with Crippen molar-refractivity contribution in [3.8, 4) is 5.75 Å². The van der Waals surface area contributed by atoms with Crippen LogP contribution >= 0.6 is 0 Å². The zero-order valence-electron chi connectivity index (χ0n) is 13.1. The third-order valence-electron chi connectivity index (χ3n) is 3.85. The molecule has 2 N–H and O–H groups in total. The van der Waals surface area contributed by atoms with Crippen LogP contribution in [0.3, 0.4) is 0 Å². The fourth-order valence-electron chi connectivity index (χ4n) is 2.68. The van der Waals surface area contributed by atoms with Crippen LogP contribution in [0.1, 0.15) is 29.7 Å². The lowest BCUT2D eigenvalue weighted by Gasteiger charge is -2.20. The number of aromatic nitrogens is 1. The molecule has 0 fully saturated rings. The maximum Gasteiger partial charge on any atom is 0.217 e. The smallest absolute Gasteiger partial charge is 0.217 e. The number of phenols is 1. The number of hydrogen-bond donors (Lipinski definition) is 2. The van der Waals surface area contributed by atoms with E-state index in [0.29, 0.717) is 11.1 Å². The van der Waals surface area contributed by atoms with E-state index in [1.54, 1.807) is 6.20 Å².